The van der Waals surface area contributed by atoms with E-state index in [1.165, 1.54) is 0 Å². The Balaban J connectivity index is 1.83. The molecule has 1 aromatic heterocycles. The molecule has 2 atom stereocenters. The first-order valence-electron chi connectivity index (χ1n) is 11.9. The van der Waals surface area contributed by atoms with Crippen LogP contribution in [0.3, 0.4) is 0 Å². The Labute approximate surface area is 204 Å². The lowest BCUT2D eigenvalue weighted by molar-refractivity contribution is -0.111. The van der Waals surface area contributed by atoms with Gasteiger partial charge in [-0.25, -0.2) is 0 Å². The number of hydrogen-bond acceptors (Lipinski definition) is 6. The van der Waals surface area contributed by atoms with E-state index in [0.717, 1.165) is 29.3 Å². The number of aliphatic hydroxyl groups excluding tert-OH is 2. The molecule has 35 heavy (non-hydrogen) atoms. The van der Waals surface area contributed by atoms with Crippen molar-refractivity contribution in [1.82, 2.24) is 9.47 Å². The van der Waals surface area contributed by atoms with E-state index in [2.05, 4.69) is 4.90 Å². The van der Waals surface area contributed by atoms with Crippen LogP contribution in [0.15, 0.2) is 47.3 Å². The van der Waals surface area contributed by atoms with Crippen molar-refractivity contribution in [2.45, 2.75) is 38.1 Å². The number of ether oxygens (including phenoxy) is 2. The molecule has 0 radical (unpaired) electrons. The van der Waals surface area contributed by atoms with Crippen LogP contribution in [0.5, 0.6) is 11.5 Å². The third-order valence-electron chi connectivity index (χ3n) is 6.99. The van der Waals surface area contributed by atoms with Crippen molar-refractivity contribution in [1.29, 1.82) is 0 Å². The minimum Gasteiger partial charge on any atom is -0.493 e. The van der Waals surface area contributed by atoms with E-state index in [-0.39, 0.29) is 5.43 Å². The van der Waals surface area contributed by atoms with Crippen molar-refractivity contribution >= 4 is 32.6 Å². The fraction of sp³-hybridized carbons (Fsp3) is 0.393. The fourth-order valence-corrected chi connectivity index (χ4v) is 5.08. The van der Waals surface area contributed by atoms with Crippen LogP contribution in [0.25, 0.3) is 32.6 Å². The predicted octanol–water partition coefficient (Wildman–Crippen LogP) is 3.74. The van der Waals surface area contributed by atoms with E-state index < -0.39 is 17.8 Å². The van der Waals surface area contributed by atoms with Crippen LogP contribution >= 0.6 is 0 Å². The first-order chi connectivity index (χ1) is 16.6. The van der Waals surface area contributed by atoms with Crippen LogP contribution in [-0.2, 0) is 7.05 Å². The summed E-state index contributed by atoms with van der Waals surface area (Å²) in [5.41, 5.74) is 0.478. The van der Waals surface area contributed by atoms with Gasteiger partial charge in [-0.05, 0) is 57.3 Å². The molecule has 184 valence electrons. The standard InChI is InChI=1S/C28H32N2O5/c1-28(2)27(33)26(32)23-21(35-28)15-20(34-12-8-11-29(3)4)22-24(23)30(5)19-14-17-10-7-6-9-16(17)13-18(19)25(22)31/h6-7,9-10,13-15,26-27,32-33H,8,11-12H2,1-5H3/t26-,27-/m0/s1. The summed E-state index contributed by atoms with van der Waals surface area (Å²) in [5.74, 6) is 0.839. The molecule has 7 nitrogen and oxygen atoms in total. The molecule has 3 aromatic carbocycles. The molecule has 0 unspecified atom stereocenters. The van der Waals surface area contributed by atoms with Crippen molar-refractivity contribution in [3.8, 4) is 11.5 Å². The lowest BCUT2D eigenvalue weighted by Gasteiger charge is -2.40. The Morgan fingerprint density at radius 2 is 1.80 bits per heavy atom. The molecule has 0 saturated carbocycles. The summed E-state index contributed by atoms with van der Waals surface area (Å²) in [4.78, 5) is 16.0. The van der Waals surface area contributed by atoms with E-state index in [4.69, 9.17) is 9.47 Å². The highest BCUT2D eigenvalue weighted by atomic mass is 16.5. The number of hydrogen-bond donors (Lipinski definition) is 2. The fourth-order valence-electron chi connectivity index (χ4n) is 5.08. The van der Waals surface area contributed by atoms with Crippen molar-refractivity contribution in [2.24, 2.45) is 7.05 Å². The monoisotopic (exact) mass is 476 g/mol. The van der Waals surface area contributed by atoms with Gasteiger partial charge in [0.15, 0.2) is 0 Å². The molecule has 5 rings (SSSR count). The lowest BCUT2D eigenvalue weighted by atomic mass is 9.86. The third kappa shape index (κ3) is 3.84. The van der Waals surface area contributed by atoms with Gasteiger partial charge in [0, 0.05) is 25.0 Å². The molecule has 7 heteroatoms. The molecule has 4 aromatic rings. The molecular formula is C28H32N2O5. The number of nitrogens with zero attached hydrogens (tertiary/aromatic N) is 2. The van der Waals surface area contributed by atoms with Gasteiger partial charge in [0.1, 0.15) is 29.3 Å². The van der Waals surface area contributed by atoms with E-state index in [1.807, 2.05) is 62.1 Å². The lowest BCUT2D eigenvalue weighted by Crippen LogP contribution is -2.49. The molecule has 1 aliphatic rings. The van der Waals surface area contributed by atoms with Gasteiger partial charge in [-0.2, -0.15) is 0 Å². The summed E-state index contributed by atoms with van der Waals surface area (Å²) in [7, 11) is 5.88. The maximum absolute atomic E-state index is 14.0. The highest BCUT2D eigenvalue weighted by Crippen LogP contribution is 2.46. The summed E-state index contributed by atoms with van der Waals surface area (Å²) < 4.78 is 14.2. The zero-order valence-electron chi connectivity index (χ0n) is 20.8. The molecule has 0 bridgehead atoms. The van der Waals surface area contributed by atoms with Crippen molar-refractivity contribution in [3.05, 3.63) is 58.3 Å². The predicted molar refractivity (Wildman–Crippen MR) is 139 cm³/mol. The maximum atomic E-state index is 14.0. The Morgan fingerprint density at radius 3 is 2.49 bits per heavy atom. The highest BCUT2D eigenvalue weighted by molar-refractivity contribution is 6.04. The number of aliphatic hydroxyl groups is 2. The smallest absolute Gasteiger partial charge is 0.201 e. The molecule has 1 aliphatic heterocycles. The summed E-state index contributed by atoms with van der Waals surface area (Å²) >= 11 is 0. The number of benzene rings is 3. The number of rotatable bonds is 5. The van der Waals surface area contributed by atoms with Crippen LogP contribution in [0.1, 0.15) is 31.9 Å². The summed E-state index contributed by atoms with van der Waals surface area (Å²) in [5, 5.41) is 25.0. The molecule has 0 aliphatic carbocycles. The number of aromatic nitrogens is 1. The van der Waals surface area contributed by atoms with E-state index in [1.54, 1.807) is 19.9 Å². The average molecular weight is 477 g/mol. The first kappa shape index (κ1) is 23.6. The topological polar surface area (TPSA) is 84.2 Å². The van der Waals surface area contributed by atoms with Gasteiger partial charge in [-0.3, -0.25) is 4.79 Å². The van der Waals surface area contributed by atoms with Crippen LogP contribution < -0.4 is 14.9 Å². The molecular weight excluding hydrogens is 444 g/mol. The first-order valence-corrected chi connectivity index (χ1v) is 11.9. The van der Waals surface area contributed by atoms with Crippen LogP contribution in [0.4, 0.5) is 0 Å². The maximum Gasteiger partial charge on any atom is 0.201 e. The summed E-state index contributed by atoms with van der Waals surface area (Å²) in [6.45, 7) is 4.75. The molecule has 0 spiro atoms. The van der Waals surface area contributed by atoms with Crippen LogP contribution in [0.2, 0.25) is 0 Å². The van der Waals surface area contributed by atoms with E-state index in [0.29, 0.717) is 40.0 Å². The van der Waals surface area contributed by atoms with Gasteiger partial charge in [-0.1, -0.05) is 24.3 Å². The van der Waals surface area contributed by atoms with Crippen LogP contribution in [0, 0.1) is 0 Å². The molecule has 0 fully saturated rings. The Kier molecular flexibility index (Phi) is 5.74. The second-order valence-electron chi connectivity index (χ2n) is 10.2. The Bertz CT molecular complexity index is 1510. The quantitative estimate of drug-likeness (QED) is 0.337. The third-order valence-corrected chi connectivity index (χ3v) is 6.99. The molecule has 2 N–H and O–H groups in total. The number of aryl methyl sites for hydroxylation is 1. The molecule has 0 saturated heterocycles. The number of pyridine rings is 1. The zero-order valence-corrected chi connectivity index (χ0v) is 20.8. The van der Waals surface area contributed by atoms with E-state index in [9.17, 15) is 15.0 Å². The van der Waals surface area contributed by atoms with Crippen molar-refractivity contribution in [3.63, 3.8) is 0 Å². The molecule has 0 amide bonds. The Hall–Kier alpha value is -3.13. The Morgan fingerprint density at radius 1 is 1.11 bits per heavy atom. The van der Waals surface area contributed by atoms with Gasteiger partial charge in [0.05, 0.1) is 28.6 Å². The molecule has 2 heterocycles. The average Bonchev–Trinajstić information content (AvgIpc) is 2.81. The van der Waals surface area contributed by atoms with Gasteiger partial charge >= 0.3 is 0 Å². The largest absolute Gasteiger partial charge is 0.493 e. The van der Waals surface area contributed by atoms with Gasteiger partial charge in [0.2, 0.25) is 5.43 Å². The normalized spacial score (nSPS) is 19.3. The zero-order chi connectivity index (χ0) is 25.1. The van der Waals surface area contributed by atoms with Crippen molar-refractivity contribution < 1.29 is 19.7 Å². The van der Waals surface area contributed by atoms with Crippen molar-refractivity contribution in [2.75, 3.05) is 27.2 Å². The highest BCUT2D eigenvalue weighted by Gasteiger charge is 2.44. The minimum absolute atomic E-state index is 0.171. The minimum atomic E-state index is -1.22. The van der Waals surface area contributed by atoms with Crippen LogP contribution in [-0.4, -0.2) is 58.6 Å². The second-order valence-corrected chi connectivity index (χ2v) is 10.2. The van der Waals surface area contributed by atoms with Gasteiger partial charge in [0.25, 0.3) is 0 Å². The summed E-state index contributed by atoms with van der Waals surface area (Å²) in [6, 6.07) is 13.5. The second kappa shape index (κ2) is 8.52. The SMILES string of the molecule is CN(C)CCCOc1cc2c(c3c1c(=O)c1cc4ccccc4cc1n3C)[C@H](O)[C@H](O)C(C)(C)O2. The van der Waals surface area contributed by atoms with Gasteiger partial charge < -0.3 is 29.2 Å². The summed E-state index contributed by atoms with van der Waals surface area (Å²) in [6.07, 6.45) is -1.59. The van der Waals surface area contributed by atoms with E-state index >= 15 is 0 Å². The van der Waals surface area contributed by atoms with Gasteiger partial charge in [-0.15, -0.1) is 0 Å². The number of fused-ring (bicyclic) bond motifs is 5.